The molecule has 5 rings (SSSR count). The summed E-state index contributed by atoms with van der Waals surface area (Å²) in [7, 11) is 0. The predicted octanol–water partition coefficient (Wildman–Crippen LogP) is 1.97. The second kappa shape index (κ2) is 5.95. The average Bonchev–Trinajstić information content (AvgIpc) is 3.32. The van der Waals surface area contributed by atoms with Gasteiger partial charge in [-0.3, -0.25) is 4.79 Å². The van der Waals surface area contributed by atoms with Crippen molar-refractivity contribution in [3.05, 3.63) is 0 Å². The maximum Gasteiger partial charge on any atom is 0.315 e. The minimum atomic E-state index is 0.111. The molecule has 2 saturated carbocycles. The first kappa shape index (κ1) is 16.6. The van der Waals surface area contributed by atoms with E-state index in [1.807, 2.05) is 0 Å². The fraction of sp³-hybridized carbons (Fsp3) is 0.952. The fourth-order valence-corrected chi connectivity index (χ4v) is 6.93. The van der Waals surface area contributed by atoms with Gasteiger partial charge < -0.3 is 14.4 Å². The van der Waals surface area contributed by atoms with Gasteiger partial charge in [-0.25, -0.2) is 0 Å². The summed E-state index contributed by atoms with van der Waals surface area (Å²) in [4.78, 5) is 14.4. The summed E-state index contributed by atoms with van der Waals surface area (Å²) in [6, 6.07) is 0. The largest absolute Gasteiger partial charge is 0.462 e. The summed E-state index contributed by atoms with van der Waals surface area (Å²) < 4.78 is 12.0. The highest BCUT2D eigenvalue weighted by atomic mass is 16.6. The van der Waals surface area contributed by atoms with Gasteiger partial charge in [0.05, 0.1) is 31.8 Å². The SMILES string of the molecule is C[C@]12CCC[C@]3(CO3)[C@H]1C[C@H]1[C@@H](C2)OC(=O)[C@@H]1C[NH+]1CCCCCC1. The molecule has 140 valence electrons. The summed E-state index contributed by atoms with van der Waals surface area (Å²) in [5.74, 6) is 1.34. The molecule has 0 amide bonds. The molecule has 2 aliphatic carbocycles. The third-order valence-electron chi connectivity index (χ3n) is 8.40. The summed E-state index contributed by atoms with van der Waals surface area (Å²) >= 11 is 0. The fourth-order valence-electron chi connectivity index (χ4n) is 6.93. The number of likely N-dealkylation sites (tertiary alicyclic amines) is 1. The van der Waals surface area contributed by atoms with E-state index in [4.69, 9.17) is 9.47 Å². The van der Waals surface area contributed by atoms with Gasteiger partial charge >= 0.3 is 5.97 Å². The van der Waals surface area contributed by atoms with Crippen LogP contribution in [0.5, 0.6) is 0 Å². The number of hydrogen-bond acceptors (Lipinski definition) is 3. The van der Waals surface area contributed by atoms with E-state index in [9.17, 15) is 4.79 Å². The van der Waals surface area contributed by atoms with E-state index in [1.54, 1.807) is 4.90 Å². The Hall–Kier alpha value is -0.610. The lowest BCUT2D eigenvalue weighted by Crippen LogP contribution is -3.12. The van der Waals surface area contributed by atoms with Crippen LogP contribution in [-0.2, 0) is 14.3 Å². The number of ether oxygens (including phenoxy) is 2. The molecular weight excluding hydrogens is 314 g/mol. The Labute approximate surface area is 151 Å². The van der Waals surface area contributed by atoms with Gasteiger partial charge in [-0.1, -0.05) is 6.92 Å². The number of nitrogens with one attached hydrogen (secondary N) is 1. The smallest absolute Gasteiger partial charge is 0.315 e. The van der Waals surface area contributed by atoms with Crippen LogP contribution in [0, 0.1) is 23.2 Å². The van der Waals surface area contributed by atoms with Crippen LogP contribution >= 0.6 is 0 Å². The van der Waals surface area contributed by atoms with Gasteiger partial charge in [-0.15, -0.1) is 0 Å². The number of fused-ring (bicyclic) bond motifs is 3. The number of rotatable bonds is 2. The number of carbonyl (C=O) groups is 1. The van der Waals surface area contributed by atoms with Gasteiger partial charge in [0.1, 0.15) is 12.0 Å². The normalized spacial score (nSPS) is 50.0. The van der Waals surface area contributed by atoms with Gasteiger partial charge in [0.15, 0.2) is 0 Å². The van der Waals surface area contributed by atoms with Crippen LogP contribution in [0.4, 0.5) is 0 Å². The standard InChI is InChI=1S/C21H33NO3/c1-20-7-6-8-21(14-24-21)18(20)11-15-16(19(23)25-17(15)12-20)13-22-9-4-2-3-5-10-22/h15-18H,2-14H2,1H3/p+1/t15-,16-,17-,18+,20-,21+/m1/s1. The van der Waals surface area contributed by atoms with Crippen LogP contribution in [0.2, 0.25) is 0 Å². The molecule has 4 heteroatoms. The molecule has 3 aliphatic heterocycles. The van der Waals surface area contributed by atoms with Crippen LogP contribution in [0.25, 0.3) is 0 Å². The highest BCUT2D eigenvalue weighted by Gasteiger charge is 2.65. The van der Waals surface area contributed by atoms with E-state index in [1.165, 1.54) is 58.0 Å². The lowest BCUT2D eigenvalue weighted by Gasteiger charge is -2.51. The highest BCUT2D eigenvalue weighted by Crippen LogP contribution is 2.62. The Bertz CT molecular complexity index is 537. The number of quaternary nitrogens is 1. The quantitative estimate of drug-likeness (QED) is 0.613. The summed E-state index contributed by atoms with van der Waals surface area (Å²) in [5, 5.41) is 0. The van der Waals surface area contributed by atoms with Crippen molar-refractivity contribution in [3.63, 3.8) is 0 Å². The molecule has 6 atom stereocenters. The third-order valence-corrected chi connectivity index (χ3v) is 8.40. The maximum absolute atomic E-state index is 12.7. The zero-order chi connectivity index (χ0) is 17.1. The van der Waals surface area contributed by atoms with Crippen molar-refractivity contribution in [1.82, 2.24) is 0 Å². The van der Waals surface area contributed by atoms with Crippen molar-refractivity contribution >= 4 is 5.97 Å². The second-order valence-electron chi connectivity index (χ2n) is 9.97. The molecular formula is C21H34NO3+. The molecule has 25 heavy (non-hydrogen) atoms. The monoisotopic (exact) mass is 348 g/mol. The van der Waals surface area contributed by atoms with Gasteiger partial charge in [-0.2, -0.15) is 0 Å². The van der Waals surface area contributed by atoms with Crippen molar-refractivity contribution in [2.24, 2.45) is 23.2 Å². The van der Waals surface area contributed by atoms with E-state index >= 15 is 0 Å². The van der Waals surface area contributed by atoms with Crippen molar-refractivity contribution < 1.29 is 19.2 Å². The molecule has 1 N–H and O–H groups in total. The number of carbonyl (C=O) groups excluding carboxylic acids is 1. The predicted molar refractivity (Wildman–Crippen MR) is 94.3 cm³/mol. The zero-order valence-corrected chi connectivity index (χ0v) is 15.7. The molecule has 4 nitrogen and oxygen atoms in total. The molecule has 1 spiro atoms. The Morgan fingerprint density at radius 1 is 1.12 bits per heavy atom. The average molecular weight is 349 g/mol. The number of esters is 1. The van der Waals surface area contributed by atoms with Gasteiger partial charge in [0.25, 0.3) is 0 Å². The Morgan fingerprint density at radius 3 is 2.60 bits per heavy atom. The summed E-state index contributed by atoms with van der Waals surface area (Å²) in [6.45, 7) is 6.90. The Balaban J connectivity index is 1.34. The lowest BCUT2D eigenvalue weighted by atomic mass is 9.53. The molecule has 0 bridgehead atoms. The maximum atomic E-state index is 12.7. The van der Waals surface area contributed by atoms with E-state index in [0.29, 0.717) is 17.3 Å². The van der Waals surface area contributed by atoms with Gasteiger partial charge in [0.2, 0.25) is 0 Å². The van der Waals surface area contributed by atoms with Crippen molar-refractivity contribution in [2.45, 2.75) is 76.4 Å². The molecule has 0 aromatic rings. The van der Waals surface area contributed by atoms with E-state index < -0.39 is 0 Å². The zero-order valence-electron chi connectivity index (χ0n) is 15.7. The van der Waals surface area contributed by atoms with Crippen molar-refractivity contribution in [1.29, 1.82) is 0 Å². The van der Waals surface area contributed by atoms with Crippen LogP contribution in [0.15, 0.2) is 0 Å². The van der Waals surface area contributed by atoms with E-state index in [-0.39, 0.29) is 23.6 Å². The molecule has 5 aliphatic rings. The van der Waals surface area contributed by atoms with Crippen molar-refractivity contribution in [3.8, 4) is 0 Å². The summed E-state index contributed by atoms with van der Waals surface area (Å²) in [5.41, 5.74) is 0.490. The summed E-state index contributed by atoms with van der Waals surface area (Å²) in [6.07, 6.45) is 11.6. The minimum Gasteiger partial charge on any atom is -0.462 e. The molecule has 5 fully saturated rings. The van der Waals surface area contributed by atoms with Crippen molar-refractivity contribution in [2.75, 3.05) is 26.2 Å². The van der Waals surface area contributed by atoms with E-state index in [0.717, 1.165) is 26.0 Å². The highest BCUT2D eigenvalue weighted by molar-refractivity contribution is 5.75. The van der Waals surface area contributed by atoms with Crippen LogP contribution in [0.3, 0.4) is 0 Å². The Kier molecular flexibility index (Phi) is 3.94. The molecule has 0 aromatic heterocycles. The minimum absolute atomic E-state index is 0.111. The first-order valence-electron chi connectivity index (χ1n) is 10.8. The number of epoxide rings is 1. The third kappa shape index (κ3) is 2.75. The molecule has 0 aromatic carbocycles. The lowest BCUT2D eigenvalue weighted by molar-refractivity contribution is -0.902. The van der Waals surface area contributed by atoms with Crippen LogP contribution < -0.4 is 4.90 Å². The molecule has 3 saturated heterocycles. The molecule has 0 unspecified atom stereocenters. The van der Waals surface area contributed by atoms with Gasteiger partial charge in [-0.05, 0) is 69.1 Å². The first-order valence-corrected chi connectivity index (χ1v) is 10.8. The first-order chi connectivity index (χ1) is 12.1. The van der Waals surface area contributed by atoms with Crippen LogP contribution in [-0.4, -0.2) is 43.9 Å². The topological polar surface area (TPSA) is 43.3 Å². The second-order valence-corrected chi connectivity index (χ2v) is 9.97. The van der Waals surface area contributed by atoms with Gasteiger partial charge in [0, 0.05) is 5.92 Å². The van der Waals surface area contributed by atoms with E-state index in [2.05, 4.69) is 6.92 Å². The molecule has 0 radical (unpaired) electrons. The Morgan fingerprint density at radius 2 is 1.88 bits per heavy atom. The number of hydrogen-bond donors (Lipinski definition) is 1. The molecule has 3 heterocycles. The van der Waals surface area contributed by atoms with Crippen LogP contribution in [0.1, 0.15) is 64.7 Å².